The molecule has 26 heavy (non-hydrogen) atoms. The average Bonchev–Trinajstić information content (AvgIpc) is 2.64. The molecule has 1 saturated heterocycles. The van der Waals surface area contributed by atoms with Gasteiger partial charge in [-0.1, -0.05) is 29.3 Å². The fourth-order valence-corrected chi connectivity index (χ4v) is 3.58. The van der Waals surface area contributed by atoms with E-state index in [0.29, 0.717) is 21.4 Å². The third-order valence-electron chi connectivity index (χ3n) is 4.71. The summed E-state index contributed by atoms with van der Waals surface area (Å²) < 4.78 is 0. The molecule has 0 spiro atoms. The second kappa shape index (κ2) is 8.71. The van der Waals surface area contributed by atoms with Crippen molar-refractivity contribution in [2.75, 3.05) is 61.0 Å². The third kappa shape index (κ3) is 4.67. The van der Waals surface area contributed by atoms with Gasteiger partial charge >= 0.3 is 0 Å². The van der Waals surface area contributed by atoms with E-state index in [-0.39, 0.29) is 0 Å². The molecule has 1 heterocycles. The highest BCUT2D eigenvalue weighted by Gasteiger charge is 2.19. The minimum absolute atomic E-state index is 0.612. The van der Waals surface area contributed by atoms with Gasteiger partial charge in [0.05, 0.1) is 27.1 Å². The molecule has 0 bridgehead atoms. The first kappa shape index (κ1) is 19.0. The van der Waals surface area contributed by atoms with E-state index >= 15 is 0 Å². The molecule has 0 saturated carbocycles. The van der Waals surface area contributed by atoms with Gasteiger partial charge in [-0.15, -0.1) is 0 Å². The maximum absolute atomic E-state index is 6.33. The topological polar surface area (TPSA) is 70.5 Å². The molecule has 0 atom stereocenters. The zero-order valence-corrected chi connectivity index (χ0v) is 16.2. The van der Waals surface area contributed by atoms with Crippen LogP contribution in [0.25, 0.3) is 0 Å². The van der Waals surface area contributed by atoms with Crippen LogP contribution >= 0.6 is 23.2 Å². The maximum atomic E-state index is 6.33. The highest BCUT2D eigenvalue weighted by atomic mass is 35.5. The summed E-state index contributed by atoms with van der Waals surface area (Å²) >= 11 is 12.5. The Kier molecular flexibility index (Phi) is 6.35. The van der Waals surface area contributed by atoms with Crippen molar-refractivity contribution in [3.05, 3.63) is 46.4 Å². The first-order valence-electron chi connectivity index (χ1n) is 8.85. The van der Waals surface area contributed by atoms with Crippen molar-refractivity contribution in [1.29, 1.82) is 0 Å². The molecule has 2 aromatic rings. The van der Waals surface area contributed by atoms with Gasteiger partial charge in [0, 0.05) is 38.4 Å². The van der Waals surface area contributed by atoms with Crippen LogP contribution in [0.3, 0.4) is 0 Å². The predicted molar refractivity (Wildman–Crippen MR) is 113 cm³/mol. The zero-order valence-electron chi connectivity index (χ0n) is 14.7. The number of piperazine rings is 1. The summed E-state index contributed by atoms with van der Waals surface area (Å²) in [4.78, 5) is 4.79. The average molecular weight is 394 g/mol. The summed E-state index contributed by atoms with van der Waals surface area (Å²) in [5, 5.41) is 4.66. The smallest absolute Gasteiger partial charge is 0.0825 e. The van der Waals surface area contributed by atoms with Crippen LogP contribution in [0.5, 0.6) is 0 Å². The minimum Gasteiger partial charge on any atom is -0.397 e. The SMILES string of the molecule is Nc1ccc(NCCCN2CCN(c3cccc(Cl)c3Cl)CC2)cc1N. The summed E-state index contributed by atoms with van der Waals surface area (Å²) in [6.45, 7) is 5.94. The molecule has 0 unspecified atom stereocenters. The summed E-state index contributed by atoms with van der Waals surface area (Å²) in [6.07, 6.45) is 1.07. The summed E-state index contributed by atoms with van der Waals surface area (Å²) in [5.74, 6) is 0. The molecule has 0 amide bonds. The number of nitrogen functional groups attached to an aromatic ring is 2. The van der Waals surface area contributed by atoms with Crippen LogP contribution in [0.2, 0.25) is 10.0 Å². The molecule has 5 N–H and O–H groups in total. The maximum Gasteiger partial charge on any atom is 0.0825 e. The standard InChI is InChI=1S/C19H25Cl2N5/c20-15-3-1-4-18(19(15)21)26-11-9-25(10-12-26)8-2-7-24-14-5-6-16(22)17(23)13-14/h1,3-6,13,24H,2,7-12,22-23H2. The fraction of sp³-hybridized carbons (Fsp3) is 0.368. The van der Waals surface area contributed by atoms with Gasteiger partial charge in [0.15, 0.2) is 0 Å². The van der Waals surface area contributed by atoms with Crippen molar-refractivity contribution in [3.8, 4) is 0 Å². The Hall–Kier alpha value is -1.82. The molecule has 3 rings (SSSR count). The van der Waals surface area contributed by atoms with Crippen LogP contribution < -0.4 is 21.7 Å². The number of nitrogens with one attached hydrogen (secondary N) is 1. The van der Waals surface area contributed by atoms with Gasteiger partial charge in [-0.05, 0) is 43.3 Å². The second-order valence-electron chi connectivity index (χ2n) is 6.53. The Labute approximate surface area is 164 Å². The largest absolute Gasteiger partial charge is 0.397 e. The van der Waals surface area contributed by atoms with Gasteiger partial charge in [-0.3, -0.25) is 4.90 Å². The van der Waals surface area contributed by atoms with Crippen LogP contribution in [0.15, 0.2) is 36.4 Å². The molecule has 0 aromatic heterocycles. The molecule has 5 nitrogen and oxygen atoms in total. The Balaban J connectivity index is 1.40. The lowest BCUT2D eigenvalue weighted by Crippen LogP contribution is -2.47. The van der Waals surface area contributed by atoms with Crippen LogP contribution in [0, 0.1) is 0 Å². The number of halogens is 2. The number of nitrogens with two attached hydrogens (primary N) is 2. The number of rotatable bonds is 6. The highest BCUT2D eigenvalue weighted by molar-refractivity contribution is 6.43. The number of benzene rings is 2. The number of nitrogens with zero attached hydrogens (tertiary/aromatic N) is 2. The third-order valence-corrected chi connectivity index (χ3v) is 5.52. The first-order chi connectivity index (χ1) is 12.5. The zero-order chi connectivity index (χ0) is 18.5. The Morgan fingerprint density at radius 3 is 2.46 bits per heavy atom. The van der Waals surface area contributed by atoms with Crippen molar-refractivity contribution in [2.24, 2.45) is 0 Å². The molecule has 1 aliphatic heterocycles. The molecule has 0 radical (unpaired) electrons. The number of hydrogen-bond acceptors (Lipinski definition) is 5. The fourth-order valence-electron chi connectivity index (χ4n) is 3.17. The summed E-state index contributed by atoms with van der Waals surface area (Å²) in [5.41, 5.74) is 14.8. The van der Waals surface area contributed by atoms with Crippen LogP contribution in [0.4, 0.5) is 22.7 Å². The summed E-state index contributed by atoms with van der Waals surface area (Å²) in [7, 11) is 0. The Morgan fingerprint density at radius 2 is 1.73 bits per heavy atom. The van der Waals surface area contributed by atoms with E-state index in [0.717, 1.165) is 57.1 Å². The lowest BCUT2D eigenvalue weighted by atomic mass is 10.2. The number of hydrogen-bond donors (Lipinski definition) is 3. The van der Waals surface area contributed by atoms with Crippen molar-refractivity contribution in [3.63, 3.8) is 0 Å². The predicted octanol–water partition coefficient (Wildman–Crippen LogP) is 3.78. The van der Waals surface area contributed by atoms with E-state index in [1.807, 2.05) is 36.4 Å². The van der Waals surface area contributed by atoms with E-state index in [1.54, 1.807) is 0 Å². The van der Waals surface area contributed by atoms with E-state index in [1.165, 1.54) is 0 Å². The van der Waals surface area contributed by atoms with Gasteiger partial charge in [-0.2, -0.15) is 0 Å². The second-order valence-corrected chi connectivity index (χ2v) is 7.31. The molecule has 1 fully saturated rings. The van der Waals surface area contributed by atoms with Crippen LogP contribution in [0.1, 0.15) is 6.42 Å². The summed E-state index contributed by atoms with van der Waals surface area (Å²) in [6, 6.07) is 11.5. The number of anilines is 4. The van der Waals surface area contributed by atoms with E-state index in [4.69, 9.17) is 34.7 Å². The monoisotopic (exact) mass is 393 g/mol. The molecule has 140 valence electrons. The van der Waals surface area contributed by atoms with E-state index in [9.17, 15) is 0 Å². The highest BCUT2D eigenvalue weighted by Crippen LogP contribution is 2.32. The lowest BCUT2D eigenvalue weighted by molar-refractivity contribution is 0.257. The minimum atomic E-state index is 0.612. The Morgan fingerprint density at radius 1 is 0.962 bits per heavy atom. The van der Waals surface area contributed by atoms with Crippen molar-refractivity contribution < 1.29 is 0 Å². The first-order valence-corrected chi connectivity index (χ1v) is 9.60. The van der Waals surface area contributed by atoms with Crippen molar-refractivity contribution >= 4 is 46.0 Å². The van der Waals surface area contributed by atoms with Gasteiger partial charge in [0.25, 0.3) is 0 Å². The normalized spacial score (nSPS) is 15.2. The van der Waals surface area contributed by atoms with E-state index < -0.39 is 0 Å². The molecular formula is C19H25Cl2N5. The molecule has 1 aliphatic rings. The van der Waals surface area contributed by atoms with Crippen LogP contribution in [-0.4, -0.2) is 44.2 Å². The van der Waals surface area contributed by atoms with Gasteiger partial charge in [0.1, 0.15) is 0 Å². The van der Waals surface area contributed by atoms with Gasteiger partial charge in [0.2, 0.25) is 0 Å². The van der Waals surface area contributed by atoms with Gasteiger partial charge < -0.3 is 21.7 Å². The Bertz CT molecular complexity index is 745. The molecule has 2 aromatic carbocycles. The quantitative estimate of drug-likeness (QED) is 0.514. The van der Waals surface area contributed by atoms with Crippen LogP contribution in [-0.2, 0) is 0 Å². The molecule has 7 heteroatoms. The molecule has 0 aliphatic carbocycles. The van der Waals surface area contributed by atoms with Gasteiger partial charge in [-0.25, -0.2) is 0 Å². The molecular weight excluding hydrogens is 369 g/mol. The van der Waals surface area contributed by atoms with E-state index in [2.05, 4.69) is 15.1 Å². The van der Waals surface area contributed by atoms with Crippen molar-refractivity contribution in [2.45, 2.75) is 6.42 Å². The van der Waals surface area contributed by atoms with Crippen molar-refractivity contribution in [1.82, 2.24) is 4.90 Å². The lowest BCUT2D eigenvalue weighted by Gasteiger charge is -2.36.